The number of hydrogen-bond donors (Lipinski definition) is 0. The molecule has 0 radical (unpaired) electrons. The maximum absolute atomic E-state index is 11.0. The molecule has 2 heterocycles. The van der Waals surface area contributed by atoms with Gasteiger partial charge in [-0.2, -0.15) is 0 Å². The molecule has 0 unspecified atom stereocenters. The van der Waals surface area contributed by atoms with E-state index in [0.29, 0.717) is 18.1 Å². The van der Waals surface area contributed by atoms with Gasteiger partial charge < -0.3 is 23.0 Å². The lowest BCUT2D eigenvalue weighted by Gasteiger charge is -2.19. The van der Waals surface area contributed by atoms with Gasteiger partial charge in [0.05, 0.1) is 12.5 Å². The summed E-state index contributed by atoms with van der Waals surface area (Å²) >= 11 is 0. The minimum atomic E-state index is -0.743. The summed E-state index contributed by atoms with van der Waals surface area (Å²) in [5, 5.41) is 0. The molecule has 0 atom stereocenters. The fourth-order valence-corrected chi connectivity index (χ4v) is 2.04. The quantitative estimate of drug-likeness (QED) is 0.759. The van der Waals surface area contributed by atoms with Crippen LogP contribution in [0.15, 0.2) is 33.1 Å². The third-order valence-corrected chi connectivity index (χ3v) is 3.34. The fourth-order valence-electron chi connectivity index (χ4n) is 2.04. The summed E-state index contributed by atoms with van der Waals surface area (Å²) in [7, 11) is 2.88. The van der Waals surface area contributed by atoms with E-state index in [1.165, 1.54) is 7.11 Å². The number of furan rings is 2. The third-order valence-electron chi connectivity index (χ3n) is 3.34. The largest absolute Gasteiger partial charge is 0.508 e. The first kappa shape index (κ1) is 16.2. The zero-order chi connectivity index (χ0) is 16.2. The SMILES string of the molecule is COCc1ccc(C(C)(C)c2ccc(COC(=O)OC)o2)o1. The van der Waals surface area contributed by atoms with Crippen molar-refractivity contribution in [1.29, 1.82) is 0 Å². The lowest BCUT2D eigenvalue weighted by atomic mass is 9.87. The Labute approximate surface area is 128 Å². The molecule has 0 amide bonds. The number of carbonyl (C=O) groups excluding carboxylic acids is 1. The van der Waals surface area contributed by atoms with Gasteiger partial charge in [0.2, 0.25) is 0 Å². The van der Waals surface area contributed by atoms with Gasteiger partial charge in [0.1, 0.15) is 29.6 Å². The highest BCUT2D eigenvalue weighted by Crippen LogP contribution is 2.34. The minimum Gasteiger partial charge on any atom is -0.463 e. The fraction of sp³-hybridized carbons (Fsp3) is 0.438. The van der Waals surface area contributed by atoms with Gasteiger partial charge in [-0.15, -0.1) is 0 Å². The Morgan fingerprint density at radius 3 is 2.05 bits per heavy atom. The van der Waals surface area contributed by atoms with Crippen LogP contribution in [0.3, 0.4) is 0 Å². The summed E-state index contributed by atoms with van der Waals surface area (Å²) in [5.41, 5.74) is -0.449. The maximum Gasteiger partial charge on any atom is 0.508 e. The predicted molar refractivity (Wildman–Crippen MR) is 77.5 cm³/mol. The average Bonchev–Trinajstić information content (AvgIpc) is 3.14. The van der Waals surface area contributed by atoms with Crippen molar-refractivity contribution in [3.05, 3.63) is 47.3 Å². The molecule has 2 rings (SSSR count). The van der Waals surface area contributed by atoms with Gasteiger partial charge >= 0.3 is 6.16 Å². The normalized spacial score (nSPS) is 11.5. The van der Waals surface area contributed by atoms with E-state index in [4.69, 9.17) is 18.3 Å². The van der Waals surface area contributed by atoms with Crippen molar-refractivity contribution in [3.8, 4) is 0 Å². The van der Waals surface area contributed by atoms with Crippen LogP contribution in [0.2, 0.25) is 0 Å². The molecule has 0 N–H and O–H groups in total. The molecule has 0 aliphatic heterocycles. The van der Waals surface area contributed by atoms with Crippen LogP contribution in [-0.2, 0) is 32.8 Å². The molecule has 2 aromatic heterocycles. The number of rotatable bonds is 6. The first-order valence-electron chi connectivity index (χ1n) is 6.85. The number of carbonyl (C=O) groups is 1. The Bertz CT molecular complexity index is 622. The van der Waals surface area contributed by atoms with Gasteiger partial charge in [-0.1, -0.05) is 0 Å². The average molecular weight is 308 g/mol. The van der Waals surface area contributed by atoms with E-state index in [2.05, 4.69) is 4.74 Å². The molecular weight excluding hydrogens is 288 g/mol. The summed E-state index contributed by atoms with van der Waals surface area (Å²) in [6.07, 6.45) is -0.743. The van der Waals surface area contributed by atoms with E-state index in [-0.39, 0.29) is 6.61 Å². The Balaban J connectivity index is 2.11. The highest BCUT2D eigenvalue weighted by atomic mass is 16.7. The van der Waals surface area contributed by atoms with Gasteiger partial charge in [0.15, 0.2) is 6.61 Å². The lowest BCUT2D eigenvalue weighted by molar-refractivity contribution is 0.0610. The smallest absolute Gasteiger partial charge is 0.463 e. The molecule has 2 aromatic rings. The number of ether oxygens (including phenoxy) is 3. The summed E-state index contributed by atoms with van der Waals surface area (Å²) < 4.78 is 25.8. The van der Waals surface area contributed by atoms with Crippen LogP contribution in [0.4, 0.5) is 4.79 Å². The monoisotopic (exact) mass is 308 g/mol. The zero-order valence-corrected chi connectivity index (χ0v) is 13.2. The van der Waals surface area contributed by atoms with Crippen molar-refractivity contribution in [1.82, 2.24) is 0 Å². The molecule has 0 bridgehead atoms. The molecule has 120 valence electrons. The molecule has 22 heavy (non-hydrogen) atoms. The Hall–Kier alpha value is -2.21. The standard InChI is InChI=1S/C16H20O6/c1-16(2,13-7-5-11(21-13)9-18-3)14-8-6-12(22-14)10-20-15(17)19-4/h5-8H,9-10H2,1-4H3. The second kappa shape index (κ2) is 6.70. The second-order valence-electron chi connectivity index (χ2n) is 5.33. The van der Waals surface area contributed by atoms with E-state index in [1.54, 1.807) is 13.2 Å². The summed E-state index contributed by atoms with van der Waals surface area (Å²) in [5.74, 6) is 2.78. The van der Waals surface area contributed by atoms with Crippen LogP contribution in [0.25, 0.3) is 0 Å². The van der Waals surface area contributed by atoms with E-state index < -0.39 is 11.6 Å². The highest BCUT2D eigenvalue weighted by Gasteiger charge is 2.30. The predicted octanol–water partition coefficient (Wildman–Crippen LogP) is 3.63. The third kappa shape index (κ3) is 3.51. The molecule has 6 nitrogen and oxygen atoms in total. The molecular formula is C16H20O6. The van der Waals surface area contributed by atoms with E-state index in [1.807, 2.05) is 32.0 Å². The van der Waals surface area contributed by atoms with E-state index in [0.717, 1.165) is 11.5 Å². The Morgan fingerprint density at radius 1 is 1.00 bits per heavy atom. The maximum atomic E-state index is 11.0. The van der Waals surface area contributed by atoms with Gasteiger partial charge in [-0.25, -0.2) is 4.79 Å². The van der Waals surface area contributed by atoms with Crippen molar-refractivity contribution in [2.75, 3.05) is 14.2 Å². The summed E-state index contributed by atoms with van der Waals surface area (Å²) in [4.78, 5) is 11.0. The number of methoxy groups -OCH3 is 2. The molecule has 0 spiro atoms. The lowest BCUT2D eigenvalue weighted by Crippen LogP contribution is -2.17. The van der Waals surface area contributed by atoms with Crippen LogP contribution in [-0.4, -0.2) is 20.4 Å². The van der Waals surface area contributed by atoms with Gasteiger partial charge in [-0.3, -0.25) is 0 Å². The van der Waals surface area contributed by atoms with Crippen LogP contribution in [0.1, 0.15) is 36.9 Å². The van der Waals surface area contributed by atoms with Crippen LogP contribution >= 0.6 is 0 Å². The van der Waals surface area contributed by atoms with Crippen molar-refractivity contribution >= 4 is 6.16 Å². The molecule has 0 aliphatic rings. The zero-order valence-electron chi connectivity index (χ0n) is 13.2. The Morgan fingerprint density at radius 2 is 1.55 bits per heavy atom. The van der Waals surface area contributed by atoms with Crippen molar-refractivity contribution in [2.24, 2.45) is 0 Å². The first-order chi connectivity index (χ1) is 10.5. The van der Waals surface area contributed by atoms with Crippen LogP contribution in [0.5, 0.6) is 0 Å². The number of hydrogen-bond acceptors (Lipinski definition) is 6. The molecule has 0 saturated heterocycles. The second-order valence-corrected chi connectivity index (χ2v) is 5.33. The van der Waals surface area contributed by atoms with Crippen LogP contribution < -0.4 is 0 Å². The van der Waals surface area contributed by atoms with Crippen molar-refractivity contribution < 1.29 is 27.8 Å². The van der Waals surface area contributed by atoms with Crippen molar-refractivity contribution in [2.45, 2.75) is 32.5 Å². The van der Waals surface area contributed by atoms with Gasteiger partial charge in [-0.05, 0) is 38.1 Å². The highest BCUT2D eigenvalue weighted by molar-refractivity contribution is 5.59. The first-order valence-corrected chi connectivity index (χ1v) is 6.85. The van der Waals surface area contributed by atoms with Crippen molar-refractivity contribution in [3.63, 3.8) is 0 Å². The van der Waals surface area contributed by atoms with E-state index >= 15 is 0 Å². The van der Waals surface area contributed by atoms with Crippen LogP contribution in [0, 0.1) is 0 Å². The summed E-state index contributed by atoms with van der Waals surface area (Å²) in [6.45, 7) is 4.43. The molecule has 0 aliphatic carbocycles. The van der Waals surface area contributed by atoms with E-state index in [9.17, 15) is 4.79 Å². The van der Waals surface area contributed by atoms with Gasteiger partial charge in [0.25, 0.3) is 0 Å². The molecule has 0 aromatic carbocycles. The Kier molecular flexibility index (Phi) is 4.92. The summed E-state index contributed by atoms with van der Waals surface area (Å²) in [6, 6.07) is 7.39. The molecule has 0 fully saturated rings. The molecule has 0 saturated carbocycles. The van der Waals surface area contributed by atoms with Gasteiger partial charge in [0, 0.05) is 7.11 Å². The molecule has 6 heteroatoms. The minimum absolute atomic E-state index is 0.0236. The topological polar surface area (TPSA) is 71.0 Å².